The first-order valence-corrected chi connectivity index (χ1v) is 7.56. The highest BCUT2D eigenvalue weighted by Crippen LogP contribution is 2.33. The van der Waals surface area contributed by atoms with Crippen LogP contribution in [0.3, 0.4) is 0 Å². The number of rotatable bonds is 6. The van der Waals surface area contributed by atoms with Crippen molar-refractivity contribution in [2.45, 2.75) is 65.0 Å². The highest BCUT2D eigenvalue weighted by molar-refractivity contribution is 5.67. The number of amides is 1. The molecule has 1 rings (SSSR count). The summed E-state index contributed by atoms with van der Waals surface area (Å²) in [7, 11) is 0. The van der Waals surface area contributed by atoms with Gasteiger partial charge in [0.25, 0.3) is 5.92 Å². The molecule has 2 N–H and O–H groups in total. The number of halogens is 2. The van der Waals surface area contributed by atoms with Crippen molar-refractivity contribution in [2.24, 2.45) is 11.8 Å². The predicted octanol–water partition coefficient (Wildman–Crippen LogP) is 3.17. The standard InChI is InChI=1S/C15H28F2N2O2/c1-10(2)11-6-12(7-11)18-8-15(16,17)9-19-13(20)21-14(3,4)5/h10-12,18H,6-9H2,1-5H3,(H,19,20). The lowest BCUT2D eigenvalue weighted by Crippen LogP contribution is -2.50. The van der Waals surface area contributed by atoms with Crippen molar-refractivity contribution in [1.29, 1.82) is 0 Å². The summed E-state index contributed by atoms with van der Waals surface area (Å²) in [5, 5.41) is 4.99. The second-order valence-electron chi connectivity index (χ2n) is 7.26. The van der Waals surface area contributed by atoms with Crippen LogP contribution in [0, 0.1) is 11.8 Å². The lowest BCUT2D eigenvalue weighted by molar-refractivity contribution is -0.0105. The number of carbonyl (C=O) groups is 1. The average Bonchev–Trinajstić information content (AvgIpc) is 2.21. The Morgan fingerprint density at radius 2 is 1.81 bits per heavy atom. The summed E-state index contributed by atoms with van der Waals surface area (Å²) in [5.41, 5.74) is -0.685. The molecule has 1 saturated carbocycles. The third kappa shape index (κ3) is 7.07. The predicted molar refractivity (Wildman–Crippen MR) is 78.5 cm³/mol. The third-order valence-corrected chi connectivity index (χ3v) is 3.66. The molecular weight excluding hydrogens is 278 g/mol. The largest absolute Gasteiger partial charge is 0.444 e. The van der Waals surface area contributed by atoms with E-state index in [0.717, 1.165) is 12.8 Å². The van der Waals surface area contributed by atoms with E-state index in [1.54, 1.807) is 20.8 Å². The smallest absolute Gasteiger partial charge is 0.407 e. The lowest BCUT2D eigenvalue weighted by Gasteiger charge is -2.39. The van der Waals surface area contributed by atoms with Gasteiger partial charge in [-0.25, -0.2) is 13.6 Å². The second kappa shape index (κ2) is 6.90. The maximum Gasteiger partial charge on any atom is 0.407 e. The maximum atomic E-state index is 13.7. The fraction of sp³-hybridized carbons (Fsp3) is 0.933. The molecule has 0 saturated heterocycles. The van der Waals surface area contributed by atoms with Crippen molar-refractivity contribution in [1.82, 2.24) is 10.6 Å². The Morgan fingerprint density at radius 1 is 1.24 bits per heavy atom. The SMILES string of the molecule is CC(C)C1CC(NCC(F)(F)CNC(=O)OC(C)(C)C)C1. The van der Waals surface area contributed by atoms with Gasteiger partial charge in [-0.2, -0.15) is 0 Å². The summed E-state index contributed by atoms with van der Waals surface area (Å²) >= 11 is 0. The summed E-state index contributed by atoms with van der Waals surface area (Å²) in [6.45, 7) is 8.24. The van der Waals surface area contributed by atoms with Crippen molar-refractivity contribution in [3.05, 3.63) is 0 Å². The van der Waals surface area contributed by atoms with E-state index >= 15 is 0 Å². The topological polar surface area (TPSA) is 50.4 Å². The maximum absolute atomic E-state index is 13.7. The van der Waals surface area contributed by atoms with Gasteiger partial charge >= 0.3 is 6.09 Å². The minimum absolute atomic E-state index is 0.171. The Labute approximate surface area is 126 Å². The fourth-order valence-corrected chi connectivity index (χ4v) is 2.24. The van der Waals surface area contributed by atoms with Crippen LogP contribution in [0.4, 0.5) is 13.6 Å². The van der Waals surface area contributed by atoms with E-state index in [1.165, 1.54) is 0 Å². The van der Waals surface area contributed by atoms with Crippen LogP contribution in [0.5, 0.6) is 0 Å². The van der Waals surface area contributed by atoms with Crippen molar-refractivity contribution >= 4 is 6.09 Å². The number of hydrogen-bond donors (Lipinski definition) is 2. The molecule has 0 unspecified atom stereocenters. The van der Waals surface area contributed by atoms with Crippen molar-refractivity contribution in [2.75, 3.05) is 13.1 Å². The van der Waals surface area contributed by atoms with Gasteiger partial charge in [0.05, 0.1) is 13.1 Å². The zero-order valence-electron chi connectivity index (χ0n) is 13.6. The number of nitrogens with one attached hydrogen (secondary N) is 2. The van der Waals surface area contributed by atoms with Gasteiger partial charge in [-0.15, -0.1) is 0 Å². The number of ether oxygens (including phenoxy) is 1. The molecule has 0 aromatic rings. The third-order valence-electron chi connectivity index (χ3n) is 3.66. The summed E-state index contributed by atoms with van der Waals surface area (Å²) in [6, 6.07) is 0.171. The Kier molecular flexibility index (Phi) is 5.96. The summed E-state index contributed by atoms with van der Waals surface area (Å²) < 4.78 is 32.2. The molecule has 0 aromatic heterocycles. The monoisotopic (exact) mass is 306 g/mol. The fourth-order valence-electron chi connectivity index (χ4n) is 2.24. The molecule has 0 spiro atoms. The van der Waals surface area contributed by atoms with Gasteiger partial charge < -0.3 is 15.4 Å². The van der Waals surface area contributed by atoms with Gasteiger partial charge in [-0.3, -0.25) is 0 Å². The summed E-state index contributed by atoms with van der Waals surface area (Å²) in [4.78, 5) is 11.3. The van der Waals surface area contributed by atoms with Gasteiger partial charge in [0.2, 0.25) is 0 Å². The Balaban J connectivity index is 2.20. The Morgan fingerprint density at radius 3 is 2.29 bits per heavy atom. The number of alkyl halides is 2. The number of carbonyl (C=O) groups excluding carboxylic acids is 1. The van der Waals surface area contributed by atoms with Crippen LogP contribution in [0.25, 0.3) is 0 Å². The number of alkyl carbamates (subject to hydrolysis) is 1. The first kappa shape index (κ1) is 18.1. The molecule has 0 radical (unpaired) electrons. The minimum atomic E-state index is -2.97. The van der Waals surface area contributed by atoms with E-state index in [4.69, 9.17) is 4.74 Å². The molecule has 21 heavy (non-hydrogen) atoms. The van der Waals surface area contributed by atoms with Gasteiger partial charge in [-0.1, -0.05) is 13.8 Å². The van der Waals surface area contributed by atoms with Gasteiger partial charge in [0.1, 0.15) is 5.60 Å². The normalized spacial score (nSPS) is 22.9. The molecule has 1 amide bonds. The van der Waals surface area contributed by atoms with E-state index in [2.05, 4.69) is 24.5 Å². The molecule has 1 aliphatic rings. The molecule has 0 aromatic carbocycles. The van der Waals surface area contributed by atoms with Crippen molar-refractivity contribution < 1.29 is 18.3 Å². The van der Waals surface area contributed by atoms with Crippen LogP contribution in [-0.2, 0) is 4.74 Å². The molecule has 0 atom stereocenters. The van der Waals surface area contributed by atoms with E-state index < -0.39 is 30.7 Å². The molecule has 6 heteroatoms. The van der Waals surface area contributed by atoms with Crippen LogP contribution in [0.1, 0.15) is 47.5 Å². The van der Waals surface area contributed by atoms with Crippen LogP contribution in [0.2, 0.25) is 0 Å². The molecule has 1 fully saturated rings. The molecule has 1 aliphatic carbocycles. The molecule has 124 valence electrons. The summed E-state index contributed by atoms with van der Waals surface area (Å²) in [6.07, 6.45) is 1.09. The zero-order valence-corrected chi connectivity index (χ0v) is 13.6. The Hall–Kier alpha value is -0.910. The van der Waals surface area contributed by atoms with Crippen LogP contribution < -0.4 is 10.6 Å². The lowest BCUT2D eigenvalue weighted by atomic mass is 9.73. The highest BCUT2D eigenvalue weighted by Gasteiger charge is 2.35. The minimum Gasteiger partial charge on any atom is -0.444 e. The molecule has 0 aliphatic heterocycles. The van der Waals surface area contributed by atoms with Crippen molar-refractivity contribution in [3.63, 3.8) is 0 Å². The van der Waals surface area contributed by atoms with Gasteiger partial charge in [0.15, 0.2) is 0 Å². The Bertz CT molecular complexity index is 348. The van der Waals surface area contributed by atoms with E-state index in [9.17, 15) is 13.6 Å². The van der Waals surface area contributed by atoms with Gasteiger partial charge in [-0.05, 0) is 45.4 Å². The van der Waals surface area contributed by atoms with Crippen LogP contribution >= 0.6 is 0 Å². The van der Waals surface area contributed by atoms with Crippen LogP contribution in [-0.4, -0.2) is 36.7 Å². The number of hydrogen-bond acceptors (Lipinski definition) is 3. The van der Waals surface area contributed by atoms with Gasteiger partial charge in [0, 0.05) is 6.04 Å². The molecular formula is C15H28F2N2O2. The van der Waals surface area contributed by atoms with E-state index in [1.807, 2.05) is 0 Å². The second-order valence-corrected chi connectivity index (χ2v) is 7.26. The molecule has 0 bridgehead atoms. The van der Waals surface area contributed by atoms with Crippen LogP contribution in [0.15, 0.2) is 0 Å². The zero-order chi connectivity index (χ0) is 16.3. The van der Waals surface area contributed by atoms with Crippen molar-refractivity contribution in [3.8, 4) is 0 Å². The quantitative estimate of drug-likeness (QED) is 0.792. The summed E-state index contributed by atoms with van der Waals surface area (Å²) in [5.74, 6) is -1.73. The first-order valence-electron chi connectivity index (χ1n) is 7.56. The first-order chi connectivity index (χ1) is 9.48. The average molecular weight is 306 g/mol. The molecule has 0 heterocycles. The molecule has 4 nitrogen and oxygen atoms in total. The van der Waals surface area contributed by atoms with E-state index in [-0.39, 0.29) is 6.04 Å². The van der Waals surface area contributed by atoms with E-state index in [0.29, 0.717) is 11.8 Å². The highest BCUT2D eigenvalue weighted by atomic mass is 19.3.